The van der Waals surface area contributed by atoms with Gasteiger partial charge in [0.05, 0.1) is 10.6 Å². The molecule has 0 unspecified atom stereocenters. The van der Waals surface area contributed by atoms with Gasteiger partial charge in [-0.15, -0.1) is 0 Å². The summed E-state index contributed by atoms with van der Waals surface area (Å²) in [5, 5.41) is -1.05. The van der Waals surface area contributed by atoms with E-state index >= 15 is 0 Å². The van der Waals surface area contributed by atoms with Crippen molar-refractivity contribution in [1.29, 1.82) is 0 Å². The van der Waals surface area contributed by atoms with Crippen LogP contribution in [0.5, 0.6) is 0 Å². The molecule has 0 saturated heterocycles. The van der Waals surface area contributed by atoms with Crippen molar-refractivity contribution >= 4 is 19.9 Å². The maximum atomic E-state index is 13.3. The lowest BCUT2D eigenvalue weighted by atomic mass is 10.0. The Morgan fingerprint density at radius 1 is 1.00 bits per heavy atom. The van der Waals surface area contributed by atoms with E-state index < -0.39 is 25.1 Å². The van der Waals surface area contributed by atoms with Crippen molar-refractivity contribution in [2.75, 3.05) is 12.3 Å². The monoisotopic (exact) mass is 424 g/mol. The summed E-state index contributed by atoms with van der Waals surface area (Å²) in [5.41, 5.74) is 1.49. The largest absolute Gasteiger partial charge is 0.264 e. The molecule has 154 valence electrons. The molecule has 2 aromatic rings. The van der Waals surface area contributed by atoms with Gasteiger partial charge < -0.3 is 0 Å². The molecule has 0 fully saturated rings. The molecule has 1 N–H and O–H groups in total. The Bertz CT molecular complexity index is 955. The molecule has 8 heteroatoms. The van der Waals surface area contributed by atoms with E-state index in [1.807, 2.05) is 20.8 Å². The van der Waals surface area contributed by atoms with Crippen LogP contribution in [0.15, 0.2) is 53.7 Å². The molecular weight excluding hydrogens is 396 g/mol. The number of sulfone groups is 1. The van der Waals surface area contributed by atoms with Crippen molar-refractivity contribution in [2.24, 2.45) is 0 Å². The predicted octanol–water partition coefficient (Wildman–Crippen LogP) is 3.44. The molecule has 0 aliphatic carbocycles. The normalized spacial score (nSPS) is 13.6. The highest BCUT2D eigenvalue weighted by Crippen LogP contribution is 2.29. The second-order valence-electron chi connectivity index (χ2n) is 7.06. The number of nitrogens with one attached hydrogen (secondary N) is 1. The van der Waals surface area contributed by atoms with Gasteiger partial charge in [-0.3, -0.25) is 4.98 Å². The summed E-state index contributed by atoms with van der Waals surface area (Å²) in [7, 11) is -7.35. The number of nitrogens with zero attached hydrogens (tertiary/aromatic N) is 1. The van der Waals surface area contributed by atoms with Crippen LogP contribution in [-0.4, -0.2) is 34.1 Å². The maximum absolute atomic E-state index is 13.3. The number of sulfonamides is 1. The van der Waals surface area contributed by atoms with Crippen molar-refractivity contribution in [3.63, 3.8) is 0 Å². The molecule has 0 spiro atoms. The van der Waals surface area contributed by atoms with Gasteiger partial charge in [0, 0.05) is 18.9 Å². The fourth-order valence-corrected chi connectivity index (χ4v) is 5.77. The van der Waals surface area contributed by atoms with Gasteiger partial charge in [0.15, 0.2) is 9.84 Å². The molecule has 0 radical (unpaired) electrons. The number of hydrogen-bond donors (Lipinski definition) is 1. The summed E-state index contributed by atoms with van der Waals surface area (Å²) in [6.45, 7) is 5.74. The molecule has 1 aromatic heterocycles. The number of benzene rings is 1. The Labute approximate surface area is 168 Å². The minimum absolute atomic E-state index is 0.0214. The Kier molecular flexibility index (Phi) is 7.74. The molecule has 0 saturated carbocycles. The SMILES string of the molecule is CCCCS(=O)(=O)NC[C@@H](c1cccnc1)S(=O)(=O)c1ccc(C(C)C)cc1. The Hall–Kier alpha value is -1.77. The van der Waals surface area contributed by atoms with E-state index in [1.165, 1.54) is 6.20 Å². The second-order valence-corrected chi connectivity index (χ2v) is 11.1. The topological polar surface area (TPSA) is 93.2 Å². The number of unbranched alkanes of at least 4 members (excludes halogenated alkanes) is 1. The van der Waals surface area contributed by atoms with Crippen LogP contribution in [0.1, 0.15) is 55.9 Å². The maximum Gasteiger partial charge on any atom is 0.211 e. The smallest absolute Gasteiger partial charge is 0.211 e. The standard InChI is InChI=1S/C20H28N2O4S2/c1-4-5-13-27(23,24)22-15-20(18-7-6-12-21-14-18)28(25,26)19-10-8-17(9-11-19)16(2)3/h6-12,14,16,20,22H,4-5,13,15H2,1-3H3/t20-/m0/s1. The van der Waals surface area contributed by atoms with Gasteiger partial charge in [-0.05, 0) is 41.7 Å². The molecule has 28 heavy (non-hydrogen) atoms. The van der Waals surface area contributed by atoms with Crippen molar-refractivity contribution < 1.29 is 16.8 Å². The van der Waals surface area contributed by atoms with E-state index in [-0.39, 0.29) is 23.1 Å². The summed E-state index contributed by atoms with van der Waals surface area (Å²) in [5.74, 6) is 0.267. The number of pyridine rings is 1. The summed E-state index contributed by atoms with van der Waals surface area (Å²) in [4.78, 5) is 4.17. The van der Waals surface area contributed by atoms with E-state index in [2.05, 4.69) is 9.71 Å². The van der Waals surface area contributed by atoms with Crippen molar-refractivity contribution in [3.8, 4) is 0 Å². The average Bonchev–Trinajstić information content (AvgIpc) is 2.67. The van der Waals surface area contributed by atoms with Crippen LogP contribution in [-0.2, 0) is 19.9 Å². The molecule has 0 amide bonds. The molecule has 1 atom stereocenters. The lowest BCUT2D eigenvalue weighted by Gasteiger charge is -2.19. The van der Waals surface area contributed by atoms with E-state index in [0.29, 0.717) is 12.0 Å². The highest BCUT2D eigenvalue weighted by Gasteiger charge is 2.30. The minimum atomic E-state index is -3.81. The Morgan fingerprint density at radius 2 is 1.68 bits per heavy atom. The summed E-state index contributed by atoms with van der Waals surface area (Å²) >= 11 is 0. The predicted molar refractivity (Wildman–Crippen MR) is 111 cm³/mol. The Balaban J connectivity index is 2.35. The summed E-state index contributed by atoms with van der Waals surface area (Å²) in [6.07, 6.45) is 4.28. The quantitative estimate of drug-likeness (QED) is 0.631. The van der Waals surface area contributed by atoms with Crippen LogP contribution >= 0.6 is 0 Å². The van der Waals surface area contributed by atoms with Gasteiger partial charge in [-0.2, -0.15) is 0 Å². The van der Waals surface area contributed by atoms with Crippen LogP contribution in [0.4, 0.5) is 0 Å². The molecule has 0 aliphatic rings. The van der Waals surface area contributed by atoms with E-state index in [9.17, 15) is 16.8 Å². The first-order valence-corrected chi connectivity index (χ1v) is 12.6. The highest BCUT2D eigenvalue weighted by atomic mass is 32.2. The van der Waals surface area contributed by atoms with Gasteiger partial charge in [0.25, 0.3) is 0 Å². The molecular formula is C20H28N2O4S2. The second kappa shape index (κ2) is 9.62. The molecule has 0 bridgehead atoms. The third-order valence-electron chi connectivity index (χ3n) is 4.56. The van der Waals surface area contributed by atoms with Crippen molar-refractivity contribution in [1.82, 2.24) is 9.71 Å². The Morgan fingerprint density at radius 3 is 2.21 bits per heavy atom. The average molecular weight is 425 g/mol. The van der Waals surface area contributed by atoms with Crippen LogP contribution in [0.2, 0.25) is 0 Å². The molecule has 6 nitrogen and oxygen atoms in total. The van der Waals surface area contributed by atoms with Crippen LogP contribution in [0.25, 0.3) is 0 Å². The first kappa shape index (κ1) is 22.5. The zero-order chi connectivity index (χ0) is 20.8. The first-order chi connectivity index (χ1) is 13.2. The zero-order valence-corrected chi connectivity index (χ0v) is 18.1. The van der Waals surface area contributed by atoms with Crippen molar-refractivity contribution in [3.05, 3.63) is 59.9 Å². The van der Waals surface area contributed by atoms with E-state index in [0.717, 1.165) is 12.0 Å². The molecule has 2 rings (SSSR count). The fraction of sp³-hybridized carbons (Fsp3) is 0.450. The highest BCUT2D eigenvalue weighted by molar-refractivity contribution is 7.92. The van der Waals surface area contributed by atoms with Gasteiger partial charge in [0.1, 0.15) is 5.25 Å². The van der Waals surface area contributed by atoms with Crippen LogP contribution in [0, 0.1) is 0 Å². The van der Waals surface area contributed by atoms with Gasteiger partial charge >= 0.3 is 0 Å². The zero-order valence-electron chi connectivity index (χ0n) is 16.5. The molecule has 1 heterocycles. The number of aromatic nitrogens is 1. The lowest BCUT2D eigenvalue weighted by molar-refractivity contribution is 0.566. The number of rotatable bonds is 10. The third-order valence-corrected chi connectivity index (χ3v) is 8.11. The van der Waals surface area contributed by atoms with E-state index in [1.54, 1.807) is 42.6 Å². The van der Waals surface area contributed by atoms with Gasteiger partial charge in [-0.25, -0.2) is 21.6 Å². The number of hydrogen-bond acceptors (Lipinski definition) is 5. The fourth-order valence-electron chi connectivity index (χ4n) is 2.79. The molecule has 0 aliphatic heterocycles. The summed E-state index contributed by atoms with van der Waals surface area (Å²) < 4.78 is 53.4. The lowest BCUT2D eigenvalue weighted by Crippen LogP contribution is -2.33. The van der Waals surface area contributed by atoms with Crippen molar-refractivity contribution in [2.45, 2.75) is 49.7 Å². The first-order valence-electron chi connectivity index (χ1n) is 9.38. The van der Waals surface area contributed by atoms with Gasteiger partial charge in [-0.1, -0.05) is 45.4 Å². The van der Waals surface area contributed by atoms with Crippen LogP contribution in [0.3, 0.4) is 0 Å². The third kappa shape index (κ3) is 5.86. The van der Waals surface area contributed by atoms with Gasteiger partial charge in [0.2, 0.25) is 10.0 Å². The molecule has 1 aromatic carbocycles. The summed E-state index contributed by atoms with van der Waals surface area (Å²) in [6, 6.07) is 10.1. The van der Waals surface area contributed by atoms with E-state index in [4.69, 9.17) is 0 Å². The minimum Gasteiger partial charge on any atom is -0.264 e. The van der Waals surface area contributed by atoms with Crippen LogP contribution < -0.4 is 4.72 Å².